The van der Waals surface area contributed by atoms with Crippen molar-refractivity contribution in [1.82, 2.24) is 21.3 Å². The molecule has 14 nitrogen and oxygen atoms in total. The van der Waals surface area contributed by atoms with E-state index in [1.54, 1.807) is 0 Å². The van der Waals surface area contributed by atoms with E-state index >= 15 is 0 Å². The summed E-state index contributed by atoms with van der Waals surface area (Å²) < 4.78 is 32.8. The smallest absolute Gasteiger partial charge is 0.407 e. The lowest BCUT2D eigenvalue weighted by Crippen LogP contribution is -2.50. The highest BCUT2D eigenvalue weighted by atomic mass is 16.7. The van der Waals surface area contributed by atoms with Crippen LogP contribution in [0.1, 0.15) is 86.5 Å². The lowest BCUT2D eigenvalue weighted by molar-refractivity contribution is -0.0327. The summed E-state index contributed by atoms with van der Waals surface area (Å²) in [6, 6.07) is -0.209. The molecule has 0 aromatic heterocycles. The average Bonchev–Trinajstić information content (AvgIpc) is 3.59. The lowest BCUT2D eigenvalue weighted by atomic mass is 9.62. The van der Waals surface area contributed by atoms with Gasteiger partial charge in [-0.1, -0.05) is 54.7 Å². The summed E-state index contributed by atoms with van der Waals surface area (Å²) >= 11 is 0. The van der Waals surface area contributed by atoms with E-state index in [1.165, 1.54) is 0 Å². The van der Waals surface area contributed by atoms with Crippen molar-refractivity contribution in [2.45, 2.75) is 123 Å². The van der Waals surface area contributed by atoms with Crippen LogP contribution in [0.2, 0.25) is 0 Å². The normalized spacial score (nSPS) is 32.7. The van der Waals surface area contributed by atoms with Gasteiger partial charge in [-0.15, -0.1) is 0 Å². The van der Waals surface area contributed by atoms with Crippen molar-refractivity contribution in [3.8, 4) is 0 Å². The molecule has 2 amide bonds. The minimum atomic E-state index is -1.13. The molecule has 292 valence electrons. The molecule has 0 spiro atoms. The van der Waals surface area contributed by atoms with Crippen LogP contribution < -0.4 is 21.3 Å². The zero-order valence-electron chi connectivity index (χ0n) is 31.6. The number of rotatable bonds is 16. The van der Waals surface area contributed by atoms with E-state index in [-0.39, 0.29) is 66.0 Å². The van der Waals surface area contributed by atoms with Crippen molar-refractivity contribution < 1.29 is 48.2 Å². The Morgan fingerprint density at radius 3 is 1.47 bits per heavy atom. The minimum absolute atomic E-state index is 0.00186. The number of amides is 2. The molecule has 14 heteroatoms. The van der Waals surface area contributed by atoms with Crippen molar-refractivity contribution in [3.05, 3.63) is 24.7 Å². The fraction of sp³-hybridized carbons (Fsp3) is 0.838. The molecule has 0 bridgehead atoms. The van der Waals surface area contributed by atoms with E-state index in [1.807, 2.05) is 0 Å². The third-order valence-corrected chi connectivity index (χ3v) is 10.1. The van der Waals surface area contributed by atoms with Gasteiger partial charge < -0.3 is 59.9 Å². The average molecular weight is 725 g/mol. The van der Waals surface area contributed by atoms with Crippen LogP contribution in [0.3, 0.4) is 0 Å². The van der Waals surface area contributed by atoms with Gasteiger partial charge in [0, 0.05) is 31.6 Å². The van der Waals surface area contributed by atoms with Gasteiger partial charge >= 0.3 is 12.2 Å². The van der Waals surface area contributed by atoms with E-state index in [2.05, 4.69) is 76.0 Å². The third kappa shape index (κ3) is 14.0. The fourth-order valence-corrected chi connectivity index (χ4v) is 9.02. The Kier molecular flexibility index (Phi) is 14.1. The molecule has 4 aliphatic rings. The molecule has 8 unspecified atom stereocenters. The molecule has 51 heavy (non-hydrogen) atoms. The van der Waals surface area contributed by atoms with Crippen LogP contribution in [0, 0.1) is 21.7 Å². The zero-order chi connectivity index (χ0) is 37.5. The number of carbonyl (C=O) groups excluding carboxylic acids is 2. The first-order valence-electron chi connectivity index (χ1n) is 18.4. The Balaban J connectivity index is 1.12. The molecular formula is C37H64N4O10. The highest BCUT2D eigenvalue weighted by Crippen LogP contribution is 2.47. The molecule has 0 aromatic carbocycles. The van der Waals surface area contributed by atoms with Gasteiger partial charge in [0.05, 0.1) is 25.3 Å². The quantitative estimate of drug-likeness (QED) is 0.136. The number of ether oxygens (including phenoxy) is 6. The second-order valence-electron chi connectivity index (χ2n) is 17.6. The standard InChI is InChI=1S/C37H64N4O10/c1-24-16-46-30(50-24)14-38-22-36(7)12-26(10-34(3,4)20-36)40-32(44)48-18-28(42)9-29(43)19-49-33(45)41-27-11-35(5,6)21-37(8,13-27)23-39-15-31-47-17-25(2)51-31/h26-31,38-39,42-43H,1-2,9-23H2,3-8H3,(H,40,44)(H,41,45). The minimum Gasteiger partial charge on any atom is -0.466 e. The molecule has 0 aromatic rings. The number of nitrogens with one attached hydrogen (secondary N) is 4. The van der Waals surface area contributed by atoms with E-state index in [4.69, 9.17) is 28.4 Å². The zero-order valence-corrected chi connectivity index (χ0v) is 31.6. The second-order valence-corrected chi connectivity index (χ2v) is 17.6. The molecule has 4 fully saturated rings. The summed E-state index contributed by atoms with van der Waals surface area (Å²) in [5.41, 5.74) is -0.158. The van der Waals surface area contributed by atoms with Crippen molar-refractivity contribution in [2.75, 3.05) is 52.6 Å². The van der Waals surface area contributed by atoms with Gasteiger partial charge in [0.15, 0.2) is 0 Å². The predicted molar refractivity (Wildman–Crippen MR) is 190 cm³/mol. The third-order valence-electron chi connectivity index (χ3n) is 10.1. The summed E-state index contributed by atoms with van der Waals surface area (Å²) in [5.74, 6) is 1.26. The number of alkyl carbamates (subject to hydrolysis) is 2. The lowest BCUT2D eigenvalue weighted by Gasteiger charge is -2.47. The molecular weight excluding hydrogens is 660 g/mol. The highest BCUT2D eigenvalue weighted by Gasteiger charge is 2.43. The molecule has 2 aliphatic carbocycles. The Morgan fingerprint density at radius 2 is 1.12 bits per heavy atom. The first kappa shape index (κ1) is 41.1. The maximum Gasteiger partial charge on any atom is 0.407 e. The van der Waals surface area contributed by atoms with Gasteiger partial charge in [0.1, 0.15) is 37.9 Å². The fourth-order valence-electron chi connectivity index (χ4n) is 9.02. The monoisotopic (exact) mass is 724 g/mol. The van der Waals surface area contributed by atoms with Crippen LogP contribution in [0.15, 0.2) is 24.7 Å². The first-order valence-corrected chi connectivity index (χ1v) is 18.4. The van der Waals surface area contributed by atoms with Crippen molar-refractivity contribution in [2.24, 2.45) is 21.7 Å². The molecule has 0 radical (unpaired) electrons. The first-order chi connectivity index (χ1) is 23.8. The van der Waals surface area contributed by atoms with Crippen molar-refractivity contribution >= 4 is 12.2 Å². The summed E-state index contributed by atoms with van der Waals surface area (Å²) in [6.45, 7) is 23.5. The van der Waals surface area contributed by atoms with Crippen LogP contribution in [-0.4, -0.2) is 112 Å². The van der Waals surface area contributed by atoms with Crippen LogP contribution >= 0.6 is 0 Å². The van der Waals surface area contributed by atoms with E-state index < -0.39 is 24.4 Å². The topological polar surface area (TPSA) is 178 Å². The maximum atomic E-state index is 12.7. The second kappa shape index (κ2) is 17.5. The van der Waals surface area contributed by atoms with Crippen LogP contribution in [0.4, 0.5) is 9.59 Å². The Hall–Kier alpha value is -2.62. The van der Waals surface area contributed by atoms with E-state index in [0.717, 1.165) is 51.6 Å². The maximum absolute atomic E-state index is 12.7. The van der Waals surface area contributed by atoms with Gasteiger partial charge in [-0.05, 0) is 60.2 Å². The number of aliphatic hydroxyl groups is 2. The Labute approximate surface area is 303 Å². The van der Waals surface area contributed by atoms with Gasteiger partial charge in [-0.3, -0.25) is 0 Å². The predicted octanol–water partition coefficient (Wildman–Crippen LogP) is 3.67. The molecule has 2 heterocycles. The largest absolute Gasteiger partial charge is 0.466 e. The van der Waals surface area contributed by atoms with E-state index in [0.29, 0.717) is 37.8 Å². The van der Waals surface area contributed by atoms with Crippen LogP contribution in [-0.2, 0) is 28.4 Å². The number of carbonyl (C=O) groups is 2. The van der Waals surface area contributed by atoms with Crippen molar-refractivity contribution in [3.63, 3.8) is 0 Å². The molecule has 6 N–H and O–H groups in total. The van der Waals surface area contributed by atoms with E-state index in [9.17, 15) is 19.8 Å². The summed E-state index contributed by atoms with van der Waals surface area (Å²) in [5, 5.41) is 33.8. The Bertz CT molecular complexity index is 1130. The Morgan fingerprint density at radius 1 is 0.725 bits per heavy atom. The molecule has 2 saturated heterocycles. The van der Waals surface area contributed by atoms with Crippen molar-refractivity contribution in [1.29, 1.82) is 0 Å². The number of hydrogen-bond donors (Lipinski definition) is 6. The summed E-state index contributed by atoms with van der Waals surface area (Å²) in [7, 11) is 0. The van der Waals surface area contributed by atoms with Gasteiger partial charge in [-0.2, -0.15) is 0 Å². The number of aliphatic hydroxyl groups excluding tert-OH is 2. The highest BCUT2D eigenvalue weighted by molar-refractivity contribution is 5.68. The number of hydrogen-bond acceptors (Lipinski definition) is 12. The van der Waals surface area contributed by atoms with Gasteiger partial charge in [0.25, 0.3) is 0 Å². The van der Waals surface area contributed by atoms with Gasteiger partial charge in [0.2, 0.25) is 12.6 Å². The van der Waals surface area contributed by atoms with Crippen LogP contribution in [0.5, 0.6) is 0 Å². The molecule has 4 rings (SSSR count). The molecule has 2 saturated carbocycles. The summed E-state index contributed by atoms with van der Waals surface area (Å²) in [4.78, 5) is 25.4. The van der Waals surface area contributed by atoms with Crippen LogP contribution in [0.25, 0.3) is 0 Å². The SMILES string of the molecule is C=C1COC(CNCC2(C)CC(NC(=O)OCC(O)CC(O)COC(=O)NC3CC(C)(C)CC(C)(CNCC4OCC(=C)O4)C3)CC(C)(C)C2)O1. The van der Waals surface area contributed by atoms with Gasteiger partial charge in [-0.25, -0.2) is 9.59 Å². The summed E-state index contributed by atoms with van der Waals surface area (Å²) in [6.07, 6.45) is 0.782. The molecule has 8 atom stereocenters. The molecule has 2 aliphatic heterocycles.